The average molecular weight is 384 g/mol. The summed E-state index contributed by atoms with van der Waals surface area (Å²) in [4.78, 5) is 24.1. The zero-order chi connectivity index (χ0) is 20.2. The molecule has 0 aliphatic carbocycles. The molecule has 2 amide bonds. The first-order valence-corrected chi connectivity index (χ1v) is 9.57. The van der Waals surface area contributed by atoms with Crippen LogP contribution in [0.1, 0.15) is 48.5 Å². The van der Waals surface area contributed by atoms with Gasteiger partial charge in [0, 0.05) is 5.56 Å². The topological polar surface area (TPSA) is 76.7 Å². The van der Waals surface area contributed by atoms with Gasteiger partial charge in [-0.3, -0.25) is 20.4 Å². The summed E-state index contributed by atoms with van der Waals surface area (Å²) in [7, 11) is 1.59. The molecule has 0 radical (unpaired) electrons. The average Bonchev–Trinajstić information content (AvgIpc) is 2.73. The summed E-state index contributed by atoms with van der Waals surface area (Å²) in [5, 5.41) is 0. The van der Waals surface area contributed by atoms with Crippen LogP contribution in [0.15, 0.2) is 48.5 Å². The molecule has 0 spiro atoms. The number of benzene rings is 2. The second-order valence-electron chi connectivity index (χ2n) is 6.46. The van der Waals surface area contributed by atoms with E-state index in [9.17, 15) is 9.59 Å². The van der Waals surface area contributed by atoms with E-state index in [2.05, 4.69) is 17.8 Å². The largest absolute Gasteiger partial charge is 0.497 e. The van der Waals surface area contributed by atoms with Gasteiger partial charge < -0.3 is 9.47 Å². The fourth-order valence-corrected chi connectivity index (χ4v) is 2.59. The van der Waals surface area contributed by atoms with Crippen LogP contribution in [-0.4, -0.2) is 25.5 Å². The highest BCUT2D eigenvalue weighted by Gasteiger charge is 2.08. The monoisotopic (exact) mass is 384 g/mol. The number of nitrogens with one attached hydrogen (secondary N) is 2. The summed E-state index contributed by atoms with van der Waals surface area (Å²) in [6.45, 7) is 2.85. The molecule has 2 rings (SSSR count). The number of unbranched alkanes of at least 4 members (excludes halogenated alkanes) is 3. The Morgan fingerprint density at radius 1 is 0.857 bits per heavy atom. The Bertz CT molecular complexity index is 742. The van der Waals surface area contributed by atoms with Gasteiger partial charge in [0.05, 0.1) is 20.1 Å². The number of rotatable bonds is 10. The third-order valence-electron chi connectivity index (χ3n) is 4.22. The first-order valence-electron chi connectivity index (χ1n) is 9.57. The molecule has 0 heterocycles. The molecule has 0 atom stereocenters. The highest BCUT2D eigenvalue weighted by atomic mass is 16.5. The van der Waals surface area contributed by atoms with Crippen molar-refractivity contribution in [2.45, 2.75) is 39.0 Å². The van der Waals surface area contributed by atoms with Crippen molar-refractivity contribution in [2.24, 2.45) is 0 Å². The lowest BCUT2D eigenvalue weighted by atomic mass is 10.1. The smallest absolute Gasteiger partial charge is 0.269 e. The van der Waals surface area contributed by atoms with Gasteiger partial charge in [-0.25, -0.2) is 0 Å². The van der Waals surface area contributed by atoms with Crippen LogP contribution < -0.4 is 20.3 Å². The van der Waals surface area contributed by atoms with Crippen LogP contribution in [0.25, 0.3) is 0 Å². The van der Waals surface area contributed by atoms with E-state index in [0.717, 1.165) is 29.9 Å². The maximum Gasteiger partial charge on any atom is 0.269 e. The zero-order valence-electron chi connectivity index (χ0n) is 16.5. The van der Waals surface area contributed by atoms with E-state index in [4.69, 9.17) is 9.47 Å². The number of ether oxygens (including phenoxy) is 2. The molecule has 6 heteroatoms. The molecule has 0 aliphatic heterocycles. The van der Waals surface area contributed by atoms with Crippen molar-refractivity contribution in [2.75, 3.05) is 13.7 Å². The van der Waals surface area contributed by atoms with Gasteiger partial charge >= 0.3 is 0 Å². The second kappa shape index (κ2) is 11.6. The number of hydrazine groups is 1. The fraction of sp³-hybridized carbons (Fsp3) is 0.364. The molecule has 0 saturated carbocycles. The maximum absolute atomic E-state index is 12.1. The van der Waals surface area contributed by atoms with Crippen molar-refractivity contribution >= 4 is 11.8 Å². The molecule has 2 N–H and O–H groups in total. The Kier molecular flexibility index (Phi) is 8.85. The predicted octanol–water partition coefficient (Wildman–Crippen LogP) is 3.66. The van der Waals surface area contributed by atoms with Crippen LogP contribution in [0.4, 0.5) is 0 Å². The van der Waals surface area contributed by atoms with E-state index in [1.165, 1.54) is 12.8 Å². The van der Waals surface area contributed by atoms with Crippen molar-refractivity contribution in [3.05, 3.63) is 59.7 Å². The molecule has 0 aromatic heterocycles. The lowest BCUT2D eigenvalue weighted by molar-refractivity contribution is -0.121. The molecule has 2 aromatic carbocycles. The van der Waals surface area contributed by atoms with Gasteiger partial charge in [0.1, 0.15) is 11.5 Å². The number of hydrogen-bond donors (Lipinski definition) is 2. The van der Waals surface area contributed by atoms with E-state index in [0.29, 0.717) is 12.2 Å². The molecule has 0 unspecified atom stereocenters. The molecule has 0 fully saturated rings. The van der Waals surface area contributed by atoms with Crippen LogP contribution >= 0.6 is 0 Å². The van der Waals surface area contributed by atoms with Gasteiger partial charge in [-0.1, -0.05) is 38.3 Å². The molecule has 2 aromatic rings. The molecular formula is C22H28N2O4. The molecule has 0 aliphatic rings. The molecule has 0 saturated heterocycles. The van der Waals surface area contributed by atoms with Crippen molar-refractivity contribution in [3.63, 3.8) is 0 Å². The Labute approximate surface area is 166 Å². The molecule has 6 nitrogen and oxygen atoms in total. The molecule has 28 heavy (non-hydrogen) atoms. The summed E-state index contributed by atoms with van der Waals surface area (Å²) in [6.07, 6.45) is 4.76. The van der Waals surface area contributed by atoms with Crippen molar-refractivity contribution in [1.29, 1.82) is 0 Å². The zero-order valence-corrected chi connectivity index (χ0v) is 16.5. The van der Waals surface area contributed by atoms with Gasteiger partial charge in [0.2, 0.25) is 5.91 Å². The SMILES string of the molecule is CCCCCCOc1ccc(C(=O)NNC(=O)Cc2ccc(OC)cc2)cc1. The summed E-state index contributed by atoms with van der Waals surface area (Å²) < 4.78 is 10.7. The van der Waals surface area contributed by atoms with Gasteiger partial charge in [-0.05, 0) is 48.4 Å². The van der Waals surface area contributed by atoms with Crippen LogP contribution in [0.2, 0.25) is 0 Å². The lowest BCUT2D eigenvalue weighted by Gasteiger charge is -2.09. The van der Waals surface area contributed by atoms with E-state index >= 15 is 0 Å². The fourth-order valence-electron chi connectivity index (χ4n) is 2.59. The summed E-state index contributed by atoms with van der Waals surface area (Å²) >= 11 is 0. The number of hydrogen-bond acceptors (Lipinski definition) is 4. The van der Waals surface area contributed by atoms with Crippen molar-refractivity contribution in [3.8, 4) is 11.5 Å². The van der Waals surface area contributed by atoms with Crippen molar-refractivity contribution < 1.29 is 19.1 Å². The van der Waals surface area contributed by atoms with Gasteiger partial charge in [0.25, 0.3) is 5.91 Å². The molecular weight excluding hydrogens is 356 g/mol. The van der Waals surface area contributed by atoms with E-state index in [-0.39, 0.29) is 18.2 Å². The van der Waals surface area contributed by atoms with Crippen LogP contribution in [0.5, 0.6) is 11.5 Å². The van der Waals surface area contributed by atoms with E-state index in [1.807, 2.05) is 0 Å². The highest BCUT2D eigenvalue weighted by Crippen LogP contribution is 2.13. The second-order valence-corrected chi connectivity index (χ2v) is 6.46. The Hall–Kier alpha value is -3.02. The first-order chi connectivity index (χ1) is 13.6. The lowest BCUT2D eigenvalue weighted by Crippen LogP contribution is -2.42. The number of amides is 2. The third kappa shape index (κ3) is 7.31. The summed E-state index contributed by atoms with van der Waals surface area (Å²) in [5.74, 6) is 0.783. The summed E-state index contributed by atoms with van der Waals surface area (Å²) in [6, 6.07) is 14.0. The van der Waals surface area contributed by atoms with Gasteiger partial charge in [-0.2, -0.15) is 0 Å². The van der Waals surface area contributed by atoms with Crippen molar-refractivity contribution in [1.82, 2.24) is 10.9 Å². The molecule has 0 bridgehead atoms. The Morgan fingerprint density at radius 3 is 2.18 bits per heavy atom. The van der Waals surface area contributed by atoms with E-state index in [1.54, 1.807) is 55.6 Å². The highest BCUT2D eigenvalue weighted by molar-refractivity contribution is 5.95. The van der Waals surface area contributed by atoms with Crippen LogP contribution in [-0.2, 0) is 11.2 Å². The van der Waals surface area contributed by atoms with Crippen LogP contribution in [0.3, 0.4) is 0 Å². The minimum atomic E-state index is -0.377. The predicted molar refractivity (Wildman–Crippen MR) is 108 cm³/mol. The number of methoxy groups -OCH3 is 1. The number of carbonyl (C=O) groups is 2. The minimum Gasteiger partial charge on any atom is -0.497 e. The summed E-state index contributed by atoms with van der Waals surface area (Å²) in [5.41, 5.74) is 6.12. The Balaban J connectivity index is 1.73. The normalized spacial score (nSPS) is 10.2. The van der Waals surface area contributed by atoms with Gasteiger partial charge in [-0.15, -0.1) is 0 Å². The standard InChI is InChI=1S/C22H28N2O4/c1-3-4-5-6-15-28-20-13-9-18(10-14-20)22(26)24-23-21(25)16-17-7-11-19(27-2)12-8-17/h7-14H,3-6,15-16H2,1-2H3,(H,23,25)(H,24,26). The van der Waals surface area contributed by atoms with Gasteiger partial charge in [0.15, 0.2) is 0 Å². The van der Waals surface area contributed by atoms with E-state index < -0.39 is 0 Å². The maximum atomic E-state index is 12.1. The number of carbonyl (C=O) groups excluding carboxylic acids is 2. The minimum absolute atomic E-state index is 0.162. The first kappa shape index (κ1) is 21.3. The van der Waals surface area contributed by atoms with Crippen LogP contribution in [0, 0.1) is 0 Å². The Morgan fingerprint density at radius 2 is 1.54 bits per heavy atom. The molecule has 150 valence electrons. The third-order valence-corrected chi connectivity index (χ3v) is 4.22. The quantitative estimate of drug-likeness (QED) is 0.484.